The number of pyridine rings is 2. The zero-order valence-corrected chi connectivity index (χ0v) is 21.7. The predicted molar refractivity (Wildman–Crippen MR) is 149 cm³/mol. The van der Waals surface area contributed by atoms with E-state index in [4.69, 9.17) is 4.74 Å². The van der Waals surface area contributed by atoms with Gasteiger partial charge >= 0.3 is 5.97 Å². The number of nitro benzene ring substituents is 1. The number of non-ortho nitro benzene ring substituents is 1. The largest absolute Gasteiger partial charge is 0.444 e. The average molecular weight is 583 g/mol. The van der Waals surface area contributed by atoms with Gasteiger partial charge in [-0.2, -0.15) is 0 Å². The molecule has 1 amide bonds. The molecule has 2 aromatic heterocycles. The van der Waals surface area contributed by atoms with Gasteiger partial charge in [0.1, 0.15) is 0 Å². The van der Waals surface area contributed by atoms with E-state index in [0.717, 1.165) is 0 Å². The lowest BCUT2D eigenvalue weighted by atomic mass is 10.1. The van der Waals surface area contributed by atoms with Gasteiger partial charge in [0.15, 0.2) is 0 Å². The molecule has 5 rings (SSSR count). The Kier molecular flexibility index (Phi) is 7.37. The van der Waals surface area contributed by atoms with E-state index >= 15 is 0 Å². The molecule has 39 heavy (non-hydrogen) atoms. The smallest absolute Gasteiger partial charge is 0.340 e. The fourth-order valence-electron chi connectivity index (χ4n) is 3.98. The number of nitro groups is 1. The second kappa shape index (κ2) is 11.2. The highest BCUT2D eigenvalue weighted by Gasteiger charge is 2.28. The molecule has 1 atom stereocenters. The normalized spacial score (nSPS) is 11.5. The fraction of sp³-hybridized carbons (Fsp3) is 0.0345. The van der Waals surface area contributed by atoms with Crippen molar-refractivity contribution in [3.8, 4) is 11.4 Å². The lowest BCUT2D eigenvalue weighted by molar-refractivity contribution is -0.384. The van der Waals surface area contributed by atoms with Crippen LogP contribution in [0.1, 0.15) is 22.0 Å². The number of halogens is 1. The summed E-state index contributed by atoms with van der Waals surface area (Å²) >= 11 is 3.25. The summed E-state index contributed by atoms with van der Waals surface area (Å²) in [5.74, 6) is -1.36. The van der Waals surface area contributed by atoms with Crippen LogP contribution in [-0.4, -0.2) is 26.8 Å². The van der Waals surface area contributed by atoms with Crippen LogP contribution in [0.5, 0.6) is 0 Å². The number of rotatable bonds is 7. The third-order valence-corrected chi connectivity index (χ3v) is 6.51. The molecule has 3 aromatic carbocycles. The Hall–Kier alpha value is -4.96. The van der Waals surface area contributed by atoms with Gasteiger partial charge in [-0.3, -0.25) is 19.9 Å². The highest BCUT2D eigenvalue weighted by molar-refractivity contribution is 9.10. The van der Waals surface area contributed by atoms with Gasteiger partial charge in [-0.15, -0.1) is 0 Å². The molecule has 0 spiro atoms. The first-order valence-electron chi connectivity index (χ1n) is 11.7. The molecule has 10 heteroatoms. The molecule has 2 heterocycles. The Bertz CT molecular complexity index is 1700. The van der Waals surface area contributed by atoms with Gasteiger partial charge in [0.25, 0.3) is 11.6 Å². The van der Waals surface area contributed by atoms with Gasteiger partial charge < -0.3 is 10.1 Å². The molecule has 0 saturated carbocycles. The minimum atomic E-state index is -1.31. The van der Waals surface area contributed by atoms with Crippen LogP contribution >= 0.6 is 15.9 Å². The number of esters is 1. The van der Waals surface area contributed by atoms with Gasteiger partial charge in [-0.25, -0.2) is 9.78 Å². The van der Waals surface area contributed by atoms with Gasteiger partial charge in [0, 0.05) is 33.8 Å². The van der Waals surface area contributed by atoms with E-state index in [0.29, 0.717) is 32.3 Å². The SMILES string of the molecule is O=C(OC(C(=O)Nc1ccc([N+](=O)[O-])cc1Br)c1ccccc1)c1cc(-c2ccccn2)nc2ccccc12. The van der Waals surface area contributed by atoms with Gasteiger partial charge in [-0.1, -0.05) is 54.6 Å². The summed E-state index contributed by atoms with van der Waals surface area (Å²) in [5, 5.41) is 14.3. The number of para-hydroxylation sites is 1. The fourth-order valence-corrected chi connectivity index (χ4v) is 4.44. The molecule has 0 aliphatic carbocycles. The molecule has 5 aromatic rings. The van der Waals surface area contributed by atoms with Crippen molar-refractivity contribution < 1.29 is 19.2 Å². The second-order valence-corrected chi connectivity index (χ2v) is 9.25. The molecule has 192 valence electrons. The quantitative estimate of drug-likeness (QED) is 0.132. The van der Waals surface area contributed by atoms with E-state index < -0.39 is 22.9 Å². The molecular weight excluding hydrogens is 564 g/mol. The number of ether oxygens (including phenoxy) is 1. The molecular formula is C29H19BrN4O5. The Morgan fingerprint density at radius 2 is 1.64 bits per heavy atom. The Labute approximate surface area is 230 Å². The minimum absolute atomic E-state index is 0.140. The summed E-state index contributed by atoms with van der Waals surface area (Å²) in [6.45, 7) is 0. The first kappa shape index (κ1) is 25.7. The van der Waals surface area contributed by atoms with Crippen molar-refractivity contribution >= 4 is 50.1 Å². The van der Waals surface area contributed by atoms with E-state index in [9.17, 15) is 19.7 Å². The Morgan fingerprint density at radius 1 is 0.897 bits per heavy atom. The predicted octanol–water partition coefficient (Wildman–Crippen LogP) is 6.50. The molecule has 0 radical (unpaired) electrons. The summed E-state index contributed by atoms with van der Waals surface area (Å²) in [7, 11) is 0. The monoisotopic (exact) mass is 582 g/mol. The number of anilines is 1. The number of amides is 1. The number of carbonyl (C=O) groups is 2. The summed E-state index contributed by atoms with van der Waals surface area (Å²) in [6, 6.07) is 26.7. The highest BCUT2D eigenvalue weighted by atomic mass is 79.9. The maximum atomic E-state index is 13.6. The number of nitrogens with zero attached hydrogens (tertiary/aromatic N) is 3. The van der Waals surface area contributed by atoms with Crippen LogP contribution in [0.3, 0.4) is 0 Å². The number of hydrogen-bond donors (Lipinski definition) is 1. The number of benzene rings is 3. The standard InChI is InChI=1S/C29H19BrN4O5/c30-22-16-19(34(37)38)13-14-24(22)33-28(35)27(18-8-2-1-3-9-18)39-29(36)21-17-26(25-12-6-7-15-31-25)32-23-11-5-4-10-20(21)23/h1-17,27H,(H,33,35). The molecule has 9 nitrogen and oxygen atoms in total. The third-order valence-electron chi connectivity index (χ3n) is 5.85. The van der Waals surface area contributed by atoms with Crippen LogP contribution in [0.15, 0.2) is 108 Å². The number of hydrogen-bond acceptors (Lipinski definition) is 7. The summed E-state index contributed by atoms with van der Waals surface area (Å²) in [5.41, 5.74) is 2.46. The highest BCUT2D eigenvalue weighted by Crippen LogP contribution is 2.30. The van der Waals surface area contributed by atoms with E-state index in [1.165, 1.54) is 18.2 Å². The van der Waals surface area contributed by atoms with E-state index in [1.807, 2.05) is 12.1 Å². The number of nitrogens with one attached hydrogen (secondary N) is 1. The van der Waals surface area contributed by atoms with Gasteiger partial charge in [0.2, 0.25) is 6.10 Å². The average Bonchev–Trinajstić information content (AvgIpc) is 2.97. The van der Waals surface area contributed by atoms with Crippen LogP contribution in [0.4, 0.5) is 11.4 Å². The van der Waals surface area contributed by atoms with Crippen LogP contribution in [0, 0.1) is 10.1 Å². The van der Waals surface area contributed by atoms with Crippen molar-refractivity contribution in [2.75, 3.05) is 5.32 Å². The molecule has 0 aliphatic heterocycles. The van der Waals surface area contributed by atoms with Gasteiger partial charge in [-0.05, 0) is 46.3 Å². The Morgan fingerprint density at radius 3 is 2.36 bits per heavy atom. The molecule has 0 bridgehead atoms. The van der Waals surface area contributed by atoms with Crippen molar-refractivity contribution in [3.05, 3.63) is 129 Å². The Balaban J connectivity index is 1.50. The number of aromatic nitrogens is 2. The van der Waals surface area contributed by atoms with Crippen LogP contribution in [0.25, 0.3) is 22.3 Å². The van der Waals surface area contributed by atoms with Gasteiger partial charge in [0.05, 0.1) is 33.1 Å². The maximum absolute atomic E-state index is 13.6. The van der Waals surface area contributed by atoms with Crippen molar-refractivity contribution in [2.24, 2.45) is 0 Å². The zero-order chi connectivity index (χ0) is 27.4. The van der Waals surface area contributed by atoms with Crippen molar-refractivity contribution in [1.29, 1.82) is 0 Å². The molecule has 0 saturated heterocycles. The molecule has 1 unspecified atom stereocenters. The lowest BCUT2D eigenvalue weighted by Gasteiger charge is -2.19. The molecule has 0 fully saturated rings. The minimum Gasteiger partial charge on any atom is -0.444 e. The maximum Gasteiger partial charge on any atom is 0.340 e. The number of fused-ring (bicyclic) bond motifs is 1. The third kappa shape index (κ3) is 5.65. The second-order valence-electron chi connectivity index (χ2n) is 8.39. The lowest BCUT2D eigenvalue weighted by Crippen LogP contribution is -2.26. The van der Waals surface area contributed by atoms with Crippen molar-refractivity contribution in [3.63, 3.8) is 0 Å². The molecule has 0 aliphatic rings. The van der Waals surface area contributed by atoms with Crippen molar-refractivity contribution in [2.45, 2.75) is 6.10 Å². The topological polar surface area (TPSA) is 124 Å². The van der Waals surface area contributed by atoms with Crippen LogP contribution in [-0.2, 0) is 9.53 Å². The van der Waals surface area contributed by atoms with Crippen molar-refractivity contribution in [1.82, 2.24) is 9.97 Å². The first-order chi connectivity index (χ1) is 18.9. The molecule has 1 N–H and O–H groups in total. The summed E-state index contributed by atoms with van der Waals surface area (Å²) < 4.78 is 6.14. The van der Waals surface area contributed by atoms with Crippen LogP contribution in [0.2, 0.25) is 0 Å². The van der Waals surface area contributed by atoms with E-state index in [-0.39, 0.29) is 16.9 Å². The first-order valence-corrected chi connectivity index (χ1v) is 12.5. The zero-order valence-electron chi connectivity index (χ0n) is 20.2. The number of carbonyl (C=O) groups excluding carboxylic acids is 2. The van der Waals surface area contributed by atoms with Crippen LogP contribution < -0.4 is 5.32 Å². The summed E-state index contributed by atoms with van der Waals surface area (Å²) in [6.07, 6.45) is 0.321. The van der Waals surface area contributed by atoms with E-state index in [1.54, 1.807) is 72.9 Å². The summed E-state index contributed by atoms with van der Waals surface area (Å²) in [4.78, 5) is 46.6. The van der Waals surface area contributed by atoms with E-state index in [2.05, 4.69) is 31.2 Å².